The summed E-state index contributed by atoms with van der Waals surface area (Å²) in [5, 5.41) is 36.8. The van der Waals surface area contributed by atoms with Crippen LogP contribution in [-0.2, 0) is 27.3 Å². The number of nitrogens with zero attached hydrogens (tertiary/aromatic N) is 1. The number of carbonyl (C=O) groups is 3. The third-order valence-electron chi connectivity index (χ3n) is 8.27. The monoisotopic (exact) mass is 547 g/mol. The van der Waals surface area contributed by atoms with Crippen molar-refractivity contribution in [3.8, 4) is 17.2 Å². The second-order valence-electron chi connectivity index (χ2n) is 10.8. The highest BCUT2D eigenvalue weighted by Gasteiger charge is 2.51. The van der Waals surface area contributed by atoms with E-state index in [9.17, 15) is 29.7 Å². The molecule has 1 saturated carbocycles. The number of rotatable bonds is 5. The van der Waals surface area contributed by atoms with Crippen molar-refractivity contribution >= 4 is 34.6 Å². The first kappa shape index (κ1) is 25.6. The summed E-state index contributed by atoms with van der Waals surface area (Å²) in [4.78, 5) is 39.9. The highest BCUT2D eigenvalue weighted by Crippen LogP contribution is 2.53. The first-order valence-electron chi connectivity index (χ1n) is 13.0. The molecule has 2 aromatic carbocycles. The quantitative estimate of drug-likeness (QED) is 0.277. The normalized spacial score (nSPS) is 23.0. The van der Waals surface area contributed by atoms with E-state index < -0.39 is 46.6 Å². The van der Waals surface area contributed by atoms with Crippen molar-refractivity contribution in [2.45, 2.75) is 25.8 Å². The maximum Gasteiger partial charge on any atom is 0.255 e. The number of amides is 1. The highest BCUT2D eigenvalue weighted by molar-refractivity contribution is 6.21. The number of benzene rings is 2. The van der Waals surface area contributed by atoms with Crippen LogP contribution in [0.25, 0.3) is 5.76 Å². The van der Waals surface area contributed by atoms with Gasteiger partial charge in [-0.2, -0.15) is 0 Å². The van der Waals surface area contributed by atoms with Gasteiger partial charge in [0.25, 0.3) is 5.91 Å². The van der Waals surface area contributed by atoms with Gasteiger partial charge in [0.1, 0.15) is 22.8 Å². The number of nitrogens with one attached hydrogen (secondary N) is 1. The van der Waals surface area contributed by atoms with Crippen molar-refractivity contribution in [2.75, 3.05) is 31.1 Å². The fourth-order valence-corrected chi connectivity index (χ4v) is 6.47. The Hall–Kier alpha value is -4.67. The fourth-order valence-electron chi connectivity index (χ4n) is 6.47. The number of aliphatic hydroxyl groups excluding tert-OH is 2. The smallest absolute Gasteiger partial charge is 0.255 e. The number of hydrogen-bond acceptors (Lipinski definition) is 10. The zero-order valence-electron chi connectivity index (χ0n) is 22.0. The van der Waals surface area contributed by atoms with Crippen LogP contribution in [-0.4, -0.2) is 53.7 Å². The number of ketones is 2. The number of hydrogen-bond donors (Lipinski definition) is 5. The van der Waals surface area contributed by atoms with Crippen molar-refractivity contribution in [1.82, 2.24) is 0 Å². The molecule has 40 heavy (non-hydrogen) atoms. The van der Waals surface area contributed by atoms with E-state index in [2.05, 4.69) is 5.32 Å². The molecule has 0 bridgehead atoms. The van der Waals surface area contributed by atoms with Gasteiger partial charge < -0.3 is 40.7 Å². The number of anilines is 2. The lowest BCUT2D eigenvalue weighted by atomic mass is 9.61. The van der Waals surface area contributed by atoms with Crippen LogP contribution in [0.2, 0.25) is 0 Å². The summed E-state index contributed by atoms with van der Waals surface area (Å²) < 4.78 is 10.8. The Labute approximate surface area is 229 Å². The van der Waals surface area contributed by atoms with Crippen molar-refractivity contribution in [1.29, 1.82) is 0 Å². The van der Waals surface area contributed by atoms with Gasteiger partial charge in [-0.1, -0.05) is 6.07 Å². The Morgan fingerprint density at radius 1 is 1.10 bits per heavy atom. The molecule has 4 aliphatic rings. The van der Waals surface area contributed by atoms with Gasteiger partial charge in [0.05, 0.1) is 17.2 Å². The third kappa shape index (κ3) is 3.83. The zero-order valence-corrected chi connectivity index (χ0v) is 22.0. The summed E-state index contributed by atoms with van der Waals surface area (Å²) >= 11 is 0. The summed E-state index contributed by atoms with van der Waals surface area (Å²) in [5.41, 5.74) is 7.62. The Morgan fingerprint density at radius 2 is 1.85 bits per heavy atom. The molecule has 208 valence electrons. The lowest BCUT2D eigenvalue weighted by molar-refractivity contribution is -0.127. The summed E-state index contributed by atoms with van der Waals surface area (Å²) in [6, 6.07) is 7.32. The summed E-state index contributed by atoms with van der Waals surface area (Å²) in [6.45, 7) is 0.494. The molecule has 3 atom stereocenters. The molecule has 2 unspecified atom stereocenters. The Balaban J connectivity index is 1.40. The lowest BCUT2D eigenvalue weighted by Crippen LogP contribution is -2.44. The van der Waals surface area contributed by atoms with Gasteiger partial charge in [-0.25, -0.2) is 0 Å². The van der Waals surface area contributed by atoms with E-state index >= 15 is 0 Å². The number of aromatic hydroxyl groups is 1. The molecule has 6 rings (SSSR count). The highest BCUT2D eigenvalue weighted by atomic mass is 16.7. The number of phenolic OH excluding ortho intramolecular Hbond substituents is 1. The standard InChI is InChI=1S/C29H29N3O8/c1-32(2)17-9-16(31-10-12-3-4-19-20(5-12)40-11-39-19)25(34)23-15(17)7-13-6-14-8-18(33)24(29(30)38)28(37)22(14)26(35)21(13)27(23)36/h3-5,9,13-14,22,31,34,36-37H,6-8,10-11H2,1-2H3,(H2,30,38)/t13-,14?,22?/m1/s1. The predicted molar refractivity (Wildman–Crippen MR) is 144 cm³/mol. The second-order valence-corrected chi connectivity index (χ2v) is 10.8. The molecule has 6 N–H and O–H groups in total. The van der Waals surface area contributed by atoms with Crippen LogP contribution in [0.15, 0.2) is 41.2 Å². The molecule has 3 aliphatic carbocycles. The largest absolute Gasteiger partial charge is 0.511 e. The minimum atomic E-state index is -1.15. The van der Waals surface area contributed by atoms with Crippen molar-refractivity contribution in [3.05, 3.63) is 57.9 Å². The van der Waals surface area contributed by atoms with Crippen molar-refractivity contribution < 1.29 is 39.2 Å². The van der Waals surface area contributed by atoms with Gasteiger partial charge >= 0.3 is 0 Å². The zero-order chi connectivity index (χ0) is 28.5. The lowest BCUT2D eigenvalue weighted by Gasteiger charge is -2.41. The molecule has 0 aromatic heterocycles. The molecule has 0 saturated heterocycles. The van der Waals surface area contributed by atoms with E-state index in [1.165, 1.54) is 0 Å². The number of allylic oxidation sites excluding steroid dienone is 2. The topological polar surface area (TPSA) is 172 Å². The number of carbonyl (C=O) groups excluding carboxylic acids is 3. The minimum absolute atomic E-state index is 0.0754. The van der Waals surface area contributed by atoms with Crippen LogP contribution in [0.1, 0.15) is 29.5 Å². The Morgan fingerprint density at radius 3 is 2.58 bits per heavy atom. The fraction of sp³-hybridized carbons (Fsp3) is 0.345. The van der Waals surface area contributed by atoms with Crippen molar-refractivity contribution in [3.63, 3.8) is 0 Å². The molecule has 1 aliphatic heterocycles. The van der Waals surface area contributed by atoms with Gasteiger partial charge in [0, 0.05) is 38.3 Å². The number of phenols is 1. The van der Waals surface area contributed by atoms with Crippen LogP contribution in [0.5, 0.6) is 17.2 Å². The average molecular weight is 548 g/mol. The molecule has 1 heterocycles. The molecule has 1 fully saturated rings. The number of aliphatic hydroxyl groups is 2. The number of Topliss-reactive ketones (excluding diaryl/α,β-unsaturated/α-hetero) is 2. The maximum absolute atomic E-state index is 13.7. The first-order valence-corrected chi connectivity index (χ1v) is 13.0. The molecule has 11 nitrogen and oxygen atoms in total. The summed E-state index contributed by atoms with van der Waals surface area (Å²) in [7, 11) is 3.70. The van der Waals surface area contributed by atoms with E-state index in [1.807, 2.05) is 37.2 Å². The van der Waals surface area contributed by atoms with E-state index in [4.69, 9.17) is 15.2 Å². The van der Waals surface area contributed by atoms with Gasteiger partial charge in [-0.3, -0.25) is 14.4 Å². The number of primary amides is 1. The molecular weight excluding hydrogens is 518 g/mol. The van der Waals surface area contributed by atoms with E-state index in [-0.39, 0.29) is 35.9 Å². The van der Waals surface area contributed by atoms with Crippen LogP contribution in [0.4, 0.5) is 11.4 Å². The SMILES string of the molecule is CN(C)c1cc(NCc2ccc3c(c2)OCO3)c(O)c2c1C[C@H]1CC3CC(=O)C(C(N)=O)=C(O)C3C(=O)C1=C2O. The summed E-state index contributed by atoms with van der Waals surface area (Å²) in [5.74, 6) is -4.28. The molecular formula is C29H29N3O8. The van der Waals surface area contributed by atoms with E-state index in [1.54, 1.807) is 6.07 Å². The van der Waals surface area contributed by atoms with E-state index in [0.29, 0.717) is 42.1 Å². The number of nitrogens with two attached hydrogens (primary N) is 1. The average Bonchev–Trinajstić information content (AvgIpc) is 3.35. The Bertz CT molecular complexity index is 1560. The number of fused-ring (bicyclic) bond motifs is 4. The van der Waals surface area contributed by atoms with Gasteiger partial charge in [0.2, 0.25) is 6.79 Å². The molecule has 11 heteroatoms. The van der Waals surface area contributed by atoms with Gasteiger partial charge in [0.15, 0.2) is 23.1 Å². The van der Waals surface area contributed by atoms with Crippen LogP contribution >= 0.6 is 0 Å². The molecule has 1 amide bonds. The maximum atomic E-state index is 13.7. The van der Waals surface area contributed by atoms with Gasteiger partial charge in [-0.15, -0.1) is 0 Å². The van der Waals surface area contributed by atoms with Crippen LogP contribution in [0, 0.1) is 17.8 Å². The molecule has 2 aromatic rings. The van der Waals surface area contributed by atoms with Crippen molar-refractivity contribution in [2.24, 2.45) is 23.5 Å². The van der Waals surface area contributed by atoms with E-state index in [0.717, 1.165) is 11.3 Å². The molecule has 0 spiro atoms. The first-order chi connectivity index (χ1) is 19.1. The molecule has 0 radical (unpaired) electrons. The van der Waals surface area contributed by atoms with Crippen LogP contribution < -0.4 is 25.4 Å². The summed E-state index contributed by atoms with van der Waals surface area (Å²) in [6.07, 6.45) is 0.591. The minimum Gasteiger partial charge on any atom is -0.511 e. The third-order valence-corrected chi connectivity index (χ3v) is 8.27. The van der Waals surface area contributed by atoms with Gasteiger partial charge in [-0.05, 0) is 54.0 Å². The number of ether oxygens (including phenoxy) is 2. The Kier molecular flexibility index (Phi) is 5.90. The predicted octanol–water partition coefficient (Wildman–Crippen LogP) is 2.72. The second kappa shape index (κ2) is 9.22. The van der Waals surface area contributed by atoms with Crippen LogP contribution in [0.3, 0.4) is 0 Å².